The predicted octanol–water partition coefficient (Wildman–Crippen LogP) is 3.89. The Morgan fingerprint density at radius 1 is 0.933 bits per heavy atom. The lowest BCUT2D eigenvalue weighted by Crippen LogP contribution is -2.37. The van der Waals surface area contributed by atoms with Crippen molar-refractivity contribution >= 4 is 17.7 Å². The number of benzene rings is 2. The van der Waals surface area contributed by atoms with Crippen LogP contribution in [0.1, 0.15) is 22.9 Å². The molecule has 0 N–H and O–H groups in total. The topological polar surface area (TPSA) is 66.5 Å². The van der Waals surface area contributed by atoms with Crippen molar-refractivity contribution in [3.8, 4) is 28.7 Å². The number of ether oxygens (including phenoxy) is 5. The van der Waals surface area contributed by atoms with Crippen molar-refractivity contribution in [2.75, 3.05) is 41.3 Å². The highest BCUT2D eigenvalue weighted by atomic mass is 32.2. The van der Waals surface area contributed by atoms with Gasteiger partial charge in [0.2, 0.25) is 5.91 Å². The lowest BCUT2D eigenvalue weighted by atomic mass is 10.1. The van der Waals surface area contributed by atoms with Crippen LogP contribution in [0.15, 0.2) is 30.3 Å². The fraction of sp³-hybridized carbons (Fsp3) is 0.409. The molecule has 0 saturated carbocycles. The van der Waals surface area contributed by atoms with Gasteiger partial charge in [-0.1, -0.05) is 12.1 Å². The van der Waals surface area contributed by atoms with E-state index in [2.05, 4.69) is 0 Å². The fourth-order valence-corrected chi connectivity index (χ4v) is 4.86. The molecule has 2 aromatic carbocycles. The second-order valence-corrected chi connectivity index (χ2v) is 7.78. The van der Waals surface area contributed by atoms with Crippen molar-refractivity contribution in [2.24, 2.45) is 0 Å². The summed E-state index contributed by atoms with van der Waals surface area (Å²) in [5, 5.41) is -0.280. The molecule has 1 saturated heterocycles. The molecule has 0 bridgehead atoms. The summed E-state index contributed by atoms with van der Waals surface area (Å²) in [6.07, 6.45) is 0.467. The molecule has 0 aliphatic carbocycles. The number of hydrogen-bond acceptors (Lipinski definition) is 7. The van der Waals surface area contributed by atoms with Crippen LogP contribution < -0.4 is 23.7 Å². The maximum Gasteiger partial charge on any atom is 0.224 e. The Balaban J connectivity index is 2.06. The van der Waals surface area contributed by atoms with Gasteiger partial charge in [0.1, 0.15) is 22.6 Å². The molecule has 7 nitrogen and oxygen atoms in total. The molecular formula is C22H27NO6S. The van der Waals surface area contributed by atoms with Gasteiger partial charge < -0.3 is 28.6 Å². The number of methoxy groups -OCH3 is 5. The summed E-state index contributed by atoms with van der Waals surface area (Å²) >= 11 is 1.68. The summed E-state index contributed by atoms with van der Waals surface area (Å²) < 4.78 is 27.6. The minimum Gasteiger partial charge on any atom is -0.496 e. The number of rotatable bonds is 8. The minimum atomic E-state index is -0.280. The largest absolute Gasteiger partial charge is 0.496 e. The molecule has 1 aliphatic rings. The fourth-order valence-electron chi connectivity index (χ4n) is 3.57. The maximum atomic E-state index is 13.0. The van der Waals surface area contributed by atoms with Gasteiger partial charge in [0.25, 0.3) is 0 Å². The molecule has 1 atom stereocenters. The van der Waals surface area contributed by atoms with Crippen LogP contribution in [-0.2, 0) is 11.3 Å². The third-order valence-electron chi connectivity index (χ3n) is 5.02. The first-order chi connectivity index (χ1) is 14.6. The summed E-state index contributed by atoms with van der Waals surface area (Å²) in [7, 11) is 7.99. The SMILES string of the molecule is COc1cc(OC)c(C2SCCC(=O)N2Cc2cccc(OC)c2OC)c(OC)c1. The summed E-state index contributed by atoms with van der Waals surface area (Å²) in [6, 6.07) is 9.28. The van der Waals surface area contributed by atoms with E-state index in [1.165, 1.54) is 0 Å². The van der Waals surface area contributed by atoms with Gasteiger partial charge in [0.05, 0.1) is 47.7 Å². The predicted molar refractivity (Wildman–Crippen MR) is 116 cm³/mol. The molecule has 30 heavy (non-hydrogen) atoms. The van der Waals surface area contributed by atoms with Gasteiger partial charge in [-0.25, -0.2) is 0 Å². The standard InChI is InChI=1S/C22H27NO6S/c1-25-15-11-17(27-3)20(18(12-15)28-4)22-23(19(24)9-10-30-22)13-14-7-6-8-16(26-2)21(14)29-5/h6-8,11-12,22H,9-10,13H2,1-5H3. The van der Waals surface area contributed by atoms with Crippen LogP contribution in [-0.4, -0.2) is 52.1 Å². The van der Waals surface area contributed by atoms with E-state index < -0.39 is 0 Å². The quantitative estimate of drug-likeness (QED) is 0.626. The summed E-state index contributed by atoms with van der Waals surface area (Å²) in [4.78, 5) is 14.8. The number of amides is 1. The molecule has 0 radical (unpaired) electrons. The number of para-hydroxylation sites is 1. The Labute approximate surface area is 181 Å². The van der Waals surface area contributed by atoms with E-state index in [0.717, 1.165) is 11.1 Å². The highest BCUT2D eigenvalue weighted by molar-refractivity contribution is 7.99. The monoisotopic (exact) mass is 433 g/mol. The van der Waals surface area contributed by atoms with Crippen LogP contribution in [0, 0.1) is 0 Å². The van der Waals surface area contributed by atoms with E-state index in [4.69, 9.17) is 23.7 Å². The summed E-state index contributed by atoms with van der Waals surface area (Å²) in [6.45, 7) is 0.370. The third kappa shape index (κ3) is 4.23. The van der Waals surface area contributed by atoms with Gasteiger partial charge in [-0.05, 0) is 6.07 Å². The highest BCUT2D eigenvalue weighted by Crippen LogP contribution is 2.48. The van der Waals surface area contributed by atoms with Crippen LogP contribution in [0.5, 0.6) is 28.7 Å². The second kappa shape index (κ2) is 9.84. The molecule has 1 aliphatic heterocycles. The first-order valence-electron chi connectivity index (χ1n) is 9.48. The Morgan fingerprint density at radius 3 is 2.17 bits per heavy atom. The normalized spacial score (nSPS) is 16.2. The Bertz CT molecular complexity index is 878. The average molecular weight is 434 g/mol. The van der Waals surface area contributed by atoms with Gasteiger partial charge in [-0.15, -0.1) is 11.8 Å². The minimum absolute atomic E-state index is 0.0588. The Morgan fingerprint density at radius 2 is 1.60 bits per heavy atom. The van der Waals surface area contributed by atoms with E-state index in [1.807, 2.05) is 35.2 Å². The van der Waals surface area contributed by atoms with Crippen molar-refractivity contribution in [2.45, 2.75) is 18.3 Å². The lowest BCUT2D eigenvalue weighted by molar-refractivity contribution is -0.132. The van der Waals surface area contributed by atoms with E-state index in [-0.39, 0.29) is 11.3 Å². The summed E-state index contributed by atoms with van der Waals surface area (Å²) in [5.74, 6) is 3.87. The average Bonchev–Trinajstić information content (AvgIpc) is 2.79. The molecule has 162 valence electrons. The zero-order valence-electron chi connectivity index (χ0n) is 17.9. The molecular weight excluding hydrogens is 406 g/mol. The van der Waals surface area contributed by atoms with E-state index in [0.29, 0.717) is 47.5 Å². The van der Waals surface area contributed by atoms with Gasteiger partial charge in [0.15, 0.2) is 11.5 Å². The second-order valence-electron chi connectivity index (χ2n) is 6.59. The zero-order chi connectivity index (χ0) is 21.7. The van der Waals surface area contributed by atoms with E-state index in [1.54, 1.807) is 47.3 Å². The lowest BCUT2D eigenvalue weighted by Gasteiger charge is -2.37. The van der Waals surface area contributed by atoms with Crippen molar-refractivity contribution in [1.82, 2.24) is 4.90 Å². The van der Waals surface area contributed by atoms with Crippen molar-refractivity contribution < 1.29 is 28.5 Å². The third-order valence-corrected chi connectivity index (χ3v) is 6.27. The van der Waals surface area contributed by atoms with Crippen molar-refractivity contribution in [3.05, 3.63) is 41.5 Å². The summed E-state index contributed by atoms with van der Waals surface area (Å²) in [5.41, 5.74) is 1.67. The first kappa shape index (κ1) is 22.0. The Kier molecular flexibility index (Phi) is 7.20. The van der Waals surface area contributed by atoms with Crippen LogP contribution in [0.25, 0.3) is 0 Å². The smallest absolute Gasteiger partial charge is 0.224 e. The van der Waals surface area contributed by atoms with Crippen LogP contribution in [0.4, 0.5) is 0 Å². The first-order valence-corrected chi connectivity index (χ1v) is 10.5. The number of carbonyl (C=O) groups excluding carboxylic acids is 1. The molecule has 0 aromatic heterocycles. The van der Waals surface area contributed by atoms with E-state index in [9.17, 15) is 4.79 Å². The van der Waals surface area contributed by atoms with Gasteiger partial charge in [-0.2, -0.15) is 0 Å². The number of hydrogen-bond donors (Lipinski definition) is 0. The molecule has 0 spiro atoms. The number of carbonyl (C=O) groups is 1. The van der Waals surface area contributed by atoms with Crippen molar-refractivity contribution in [3.63, 3.8) is 0 Å². The van der Waals surface area contributed by atoms with Gasteiger partial charge in [-0.3, -0.25) is 4.79 Å². The molecule has 3 rings (SSSR count). The Hall–Kier alpha value is -2.74. The molecule has 2 aromatic rings. The van der Waals surface area contributed by atoms with E-state index >= 15 is 0 Å². The molecule has 1 amide bonds. The number of thioether (sulfide) groups is 1. The van der Waals surface area contributed by atoms with Gasteiger partial charge in [0, 0.05) is 29.9 Å². The van der Waals surface area contributed by atoms with Crippen LogP contribution in [0.2, 0.25) is 0 Å². The zero-order valence-corrected chi connectivity index (χ0v) is 18.7. The molecule has 1 unspecified atom stereocenters. The highest BCUT2D eigenvalue weighted by Gasteiger charge is 2.35. The van der Waals surface area contributed by atoms with Crippen LogP contribution in [0.3, 0.4) is 0 Å². The molecule has 1 heterocycles. The number of nitrogens with zero attached hydrogens (tertiary/aromatic N) is 1. The maximum absolute atomic E-state index is 13.0. The van der Waals surface area contributed by atoms with Crippen molar-refractivity contribution in [1.29, 1.82) is 0 Å². The van der Waals surface area contributed by atoms with Gasteiger partial charge >= 0.3 is 0 Å². The molecule has 1 fully saturated rings. The molecule has 8 heteroatoms. The van der Waals surface area contributed by atoms with Crippen LogP contribution >= 0.6 is 11.8 Å².